The van der Waals surface area contributed by atoms with Crippen LogP contribution < -0.4 is 0 Å². The number of rotatable bonds is 3. The molecule has 0 spiro atoms. The molecule has 8 heavy (non-hydrogen) atoms. The van der Waals surface area contributed by atoms with Gasteiger partial charge in [-0.3, -0.25) is 0 Å². The van der Waals surface area contributed by atoms with E-state index in [1.54, 1.807) is 0 Å². The molecule has 1 unspecified atom stereocenters. The highest BCUT2D eigenvalue weighted by Crippen LogP contribution is 2.14. The topological polar surface area (TPSA) is 20.2 Å². The Morgan fingerprint density at radius 3 is 2.25 bits per heavy atom. The van der Waals surface area contributed by atoms with Crippen LogP contribution in [0.5, 0.6) is 0 Å². The van der Waals surface area contributed by atoms with Crippen molar-refractivity contribution < 1.29 is 5.11 Å². The van der Waals surface area contributed by atoms with Crippen molar-refractivity contribution in [1.82, 2.24) is 0 Å². The molecule has 0 fully saturated rings. The van der Waals surface area contributed by atoms with Crippen LogP contribution in [0, 0.1) is 0 Å². The highest BCUT2D eigenvalue weighted by atomic mass is 79.9. The second-order valence-electron chi connectivity index (χ2n) is 1.85. The quantitative estimate of drug-likeness (QED) is 0.690. The molecule has 0 aromatic heterocycles. The van der Waals surface area contributed by atoms with Gasteiger partial charge in [-0.2, -0.15) is 0 Å². The summed E-state index contributed by atoms with van der Waals surface area (Å²) in [5, 5.41) is 9.81. The molecule has 1 N–H and O–H groups in total. The van der Waals surface area contributed by atoms with Crippen molar-refractivity contribution >= 4 is 27.5 Å². The van der Waals surface area contributed by atoms with Crippen molar-refractivity contribution in [2.75, 3.05) is 11.2 Å². The molecule has 0 amide bonds. The van der Waals surface area contributed by atoms with Crippen molar-refractivity contribution in [3.05, 3.63) is 0 Å². The van der Waals surface area contributed by atoms with Gasteiger partial charge in [0, 0.05) is 5.33 Å². The average Bonchev–Trinajstić information content (AvgIpc) is 1.87. The molecule has 0 rings (SSSR count). The number of hydrogen-bond donors (Lipinski definition) is 1. The summed E-state index contributed by atoms with van der Waals surface area (Å²) in [7, 11) is 0. The molecule has 0 heterocycles. The fraction of sp³-hybridized carbons (Fsp3) is 1.00. The Hall–Kier alpha value is 0.730. The first-order valence-electron chi connectivity index (χ1n) is 2.53. The fourth-order valence-corrected chi connectivity index (χ4v) is 1.33. The van der Waals surface area contributed by atoms with Gasteiger partial charge in [-0.15, -0.1) is 11.6 Å². The minimum atomic E-state index is -0.693. The van der Waals surface area contributed by atoms with Gasteiger partial charge in [0.1, 0.15) is 0 Å². The van der Waals surface area contributed by atoms with Crippen molar-refractivity contribution in [2.45, 2.75) is 18.9 Å². The van der Waals surface area contributed by atoms with E-state index in [0.717, 1.165) is 0 Å². The van der Waals surface area contributed by atoms with Crippen LogP contribution in [0.1, 0.15) is 13.3 Å². The van der Waals surface area contributed by atoms with Crippen molar-refractivity contribution in [2.24, 2.45) is 0 Å². The third-order valence-corrected chi connectivity index (χ3v) is 2.70. The van der Waals surface area contributed by atoms with Crippen LogP contribution in [-0.2, 0) is 0 Å². The molecule has 0 saturated heterocycles. The molecule has 0 aromatic rings. The van der Waals surface area contributed by atoms with Crippen LogP contribution in [0.4, 0.5) is 0 Å². The SMILES string of the molecule is CCC(O)(CCl)CBr. The zero-order chi connectivity index (χ0) is 6.62. The predicted molar refractivity (Wildman–Crippen MR) is 39.8 cm³/mol. The maximum absolute atomic E-state index is 9.26. The van der Waals surface area contributed by atoms with Gasteiger partial charge in [-0.25, -0.2) is 0 Å². The second kappa shape index (κ2) is 3.70. The summed E-state index contributed by atoms with van der Waals surface area (Å²) in [4.78, 5) is 0. The minimum absolute atomic E-state index is 0.300. The largest absolute Gasteiger partial charge is 0.388 e. The first-order valence-corrected chi connectivity index (χ1v) is 4.18. The van der Waals surface area contributed by atoms with Crippen LogP contribution in [0.3, 0.4) is 0 Å². The monoisotopic (exact) mass is 200 g/mol. The van der Waals surface area contributed by atoms with Gasteiger partial charge in [-0.1, -0.05) is 22.9 Å². The van der Waals surface area contributed by atoms with Gasteiger partial charge in [0.15, 0.2) is 0 Å². The summed E-state index contributed by atoms with van der Waals surface area (Å²) >= 11 is 8.59. The number of halogens is 2. The first-order chi connectivity index (χ1) is 3.68. The Labute approximate surface area is 63.2 Å². The molecule has 0 radical (unpaired) electrons. The highest BCUT2D eigenvalue weighted by Gasteiger charge is 2.20. The second-order valence-corrected chi connectivity index (χ2v) is 2.67. The molecule has 50 valence electrons. The smallest absolute Gasteiger partial charge is 0.0876 e. The Kier molecular flexibility index (Phi) is 4.04. The lowest BCUT2D eigenvalue weighted by atomic mass is 10.1. The van der Waals surface area contributed by atoms with Crippen LogP contribution >= 0.6 is 27.5 Å². The van der Waals surface area contributed by atoms with Crippen LogP contribution in [-0.4, -0.2) is 21.9 Å². The third kappa shape index (κ3) is 2.33. The molecule has 0 aliphatic rings. The van der Waals surface area contributed by atoms with E-state index < -0.39 is 5.60 Å². The van der Waals surface area contributed by atoms with Crippen LogP contribution in [0.15, 0.2) is 0 Å². The molecule has 0 saturated carbocycles. The number of alkyl halides is 2. The van der Waals surface area contributed by atoms with E-state index in [4.69, 9.17) is 11.6 Å². The number of aliphatic hydroxyl groups is 1. The molecular weight excluding hydrogens is 191 g/mol. The first kappa shape index (κ1) is 8.73. The van der Waals surface area contributed by atoms with E-state index in [1.165, 1.54) is 0 Å². The van der Waals surface area contributed by atoms with Gasteiger partial charge in [0.25, 0.3) is 0 Å². The Morgan fingerprint density at radius 2 is 2.25 bits per heavy atom. The Bertz CT molecular complexity index is 55.2. The van der Waals surface area contributed by atoms with E-state index in [2.05, 4.69) is 15.9 Å². The van der Waals surface area contributed by atoms with E-state index in [0.29, 0.717) is 17.6 Å². The van der Waals surface area contributed by atoms with E-state index in [9.17, 15) is 5.11 Å². The molecule has 0 aliphatic heterocycles. The summed E-state index contributed by atoms with van der Waals surface area (Å²) in [6.07, 6.45) is 0.696. The molecule has 0 aromatic carbocycles. The summed E-state index contributed by atoms with van der Waals surface area (Å²) in [5.41, 5.74) is -0.693. The van der Waals surface area contributed by atoms with Crippen LogP contribution in [0.25, 0.3) is 0 Å². The van der Waals surface area contributed by atoms with Gasteiger partial charge in [0.05, 0.1) is 11.5 Å². The van der Waals surface area contributed by atoms with Gasteiger partial charge >= 0.3 is 0 Å². The molecule has 0 aliphatic carbocycles. The van der Waals surface area contributed by atoms with E-state index in [1.807, 2.05) is 6.92 Å². The van der Waals surface area contributed by atoms with Gasteiger partial charge in [-0.05, 0) is 6.42 Å². The molecule has 0 bridgehead atoms. The standard InChI is InChI=1S/C5H10BrClO/c1-2-5(8,3-6)4-7/h8H,2-4H2,1H3. The summed E-state index contributed by atoms with van der Waals surface area (Å²) in [6, 6.07) is 0. The lowest BCUT2D eigenvalue weighted by Crippen LogP contribution is -2.31. The Morgan fingerprint density at radius 1 is 1.75 bits per heavy atom. The Balaban J connectivity index is 3.58. The van der Waals surface area contributed by atoms with Crippen LogP contribution in [0.2, 0.25) is 0 Å². The highest BCUT2D eigenvalue weighted by molar-refractivity contribution is 9.09. The minimum Gasteiger partial charge on any atom is -0.388 e. The lowest BCUT2D eigenvalue weighted by molar-refractivity contribution is 0.0865. The fourth-order valence-electron chi connectivity index (χ4n) is 0.225. The summed E-state index contributed by atoms with van der Waals surface area (Å²) in [5.74, 6) is 0.300. The van der Waals surface area contributed by atoms with Gasteiger partial charge in [0.2, 0.25) is 0 Å². The zero-order valence-electron chi connectivity index (χ0n) is 4.82. The number of hydrogen-bond acceptors (Lipinski definition) is 1. The normalized spacial score (nSPS) is 18.0. The summed E-state index contributed by atoms with van der Waals surface area (Å²) in [6.45, 7) is 1.91. The maximum atomic E-state index is 9.26. The summed E-state index contributed by atoms with van der Waals surface area (Å²) < 4.78 is 0. The van der Waals surface area contributed by atoms with Gasteiger partial charge < -0.3 is 5.11 Å². The van der Waals surface area contributed by atoms with Crippen molar-refractivity contribution in [3.63, 3.8) is 0 Å². The average molecular weight is 201 g/mol. The van der Waals surface area contributed by atoms with E-state index >= 15 is 0 Å². The molecule has 1 nitrogen and oxygen atoms in total. The van der Waals surface area contributed by atoms with Crippen molar-refractivity contribution in [3.8, 4) is 0 Å². The van der Waals surface area contributed by atoms with E-state index in [-0.39, 0.29) is 0 Å². The molecule has 1 atom stereocenters. The lowest BCUT2D eigenvalue weighted by Gasteiger charge is -2.19. The predicted octanol–water partition coefficient (Wildman–Crippen LogP) is 1.76. The third-order valence-electron chi connectivity index (χ3n) is 1.16. The zero-order valence-corrected chi connectivity index (χ0v) is 7.17. The molecule has 3 heteroatoms. The molecular formula is C5H10BrClO. The van der Waals surface area contributed by atoms with Crippen molar-refractivity contribution in [1.29, 1.82) is 0 Å². The maximum Gasteiger partial charge on any atom is 0.0876 e.